The number of amides is 1. The molecule has 1 rings (SSSR count). The minimum atomic E-state index is -0.475. The van der Waals surface area contributed by atoms with Crippen LogP contribution in [-0.4, -0.2) is 50.0 Å². The number of ether oxygens (including phenoxy) is 1. The summed E-state index contributed by atoms with van der Waals surface area (Å²) in [5.41, 5.74) is -0.475. The van der Waals surface area contributed by atoms with Crippen molar-refractivity contribution in [3.63, 3.8) is 0 Å². The van der Waals surface area contributed by atoms with Crippen molar-refractivity contribution in [3.8, 4) is 0 Å². The van der Waals surface area contributed by atoms with Gasteiger partial charge in [0.15, 0.2) is 0 Å². The highest BCUT2D eigenvalue weighted by Gasteiger charge is 2.34. The van der Waals surface area contributed by atoms with E-state index >= 15 is 0 Å². The molecule has 0 aliphatic carbocycles. The van der Waals surface area contributed by atoms with E-state index in [0.717, 1.165) is 0 Å². The van der Waals surface area contributed by atoms with Crippen LogP contribution in [0.25, 0.3) is 0 Å². The molecule has 1 heterocycles. The lowest BCUT2D eigenvalue weighted by Gasteiger charge is -2.37. The monoisotopic (exact) mass is 230 g/mol. The second-order valence-electron chi connectivity index (χ2n) is 4.50. The first kappa shape index (κ1) is 13.4. The van der Waals surface area contributed by atoms with Crippen LogP contribution >= 0.6 is 0 Å². The SMILES string of the molecule is CNCC(C)C(=O)NC1(CO)CCOCC1. The van der Waals surface area contributed by atoms with E-state index in [1.165, 1.54) is 0 Å². The molecule has 1 fully saturated rings. The summed E-state index contributed by atoms with van der Waals surface area (Å²) in [6.45, 7) is 3.69. The Kier molecular flexibility index (Phi) is 5.18. The van der Waals surface area contributed by atoms with Crippen molar-refractivity contribution in [1.29, 1.82) is 0 Å². The lowest BCUT2D eigenvalue weighted by Crippen LogP contribution is -2.56. The summed E-state index contributed by atoms with van der Waals surface area (Å²) in [4.78, 5) is 11.9. The highest BCUT2D eigenvalue weighted by atomic mass is 16.5. The first-order valence-corrected chi connectivity index (χ1v) is 5.79. The summed E-state index contributed by atoms with van der Waals surface area (Å²) >= 11 is 0. The number of hydrogen-bond donors (Lipinski definition) is 3. The van der Waals surface area contributed by atoms with Gasteiger partial charge in [0.05, 0.1) is 12.1 Å². The van der Waals surface area contributed by atoms with Gasteiger partial charge in [-0.25, -0.2) is 0 Å². The molecule has 94 valence electrons. The van der Waals surface area contributed by atoms with Gasteiger partial charge in [-0.1, -0.05) is 6.92 Å². The van der Waals surface area contributed by atoms with E-state index in [2.05, 4.69) is 10.6 Å². The summed E-state index contributed by atoms with van der Waals surface area (Å²) in [7, 11) is 1.82. The number of rotatable bonds is 5. The fourth-order valence-electron chi connectivity index (χ4n) is 1.87. The number of hydrogen-bond acceptors (Lipinski definition) is 4. The van der Waals surface area contributed by atoms with Crippen molar-refractivity contribution in [2.45, 2.75) is 25.3 Å². The van der Waals surface area contributed by atoms with Crippen LogP contribution in [0.15, 0.2) is 0 Å². The van der Waals surface area contributed by atoms with Crippen LogP contribution in [0.2, 0.25) is 0 Å². The average molecular weight is 230 g/mol. The molecule has 1 atom stereocenters. The third kappa shape index (κ3) is 3.43. The molecular formula is C11H22N2O3. The van der Waals surface area contributed by atoms with Crippen LogP contribution in [0, 0.1) is 5.92 Å². The van der Waals surface area contributed by atoms with Crippen LogP contribution < -0.4 is 10.6 Å². The molecule has 5 nitrogen and oxygen atoms in total. The molecule has 1 aliphatic rings. The predicted octanol–water partition coefficient (Wildman–Crippen LogP) is -0.500. The third-order valence-electron chi connectivity index (χ3n) is 3.10. The summed E-state index contributed by atoms with van der Waals surface area (Å²) in [6.07, 6.45) is 1.36. The number of carbonyl (C=O) groups is 1. The largest absolute Gasteiger partial charge is 0.394 e. The number of carbonyl (C=O) groups excluding carboxylic acids is 1. The lowest BCUT2D eigenvalue weighted by molar-refractivity contribution is -0.128. The maximum Gasteiger partial charge on any atom is 0.224 e. The molecule has 1 aliphatic heterocycles. The maximum atomic E-state index is 11.9. The van der Waals surface area contributed by atoms with Crippen molar-refractivity contribution in [2.75, 3.05) is 33.4 Å². The highest BCUT2D eigenvalue weighted by molar-refractivity contribution is 5.79. The van der Waals surface area contributed by atoms with Crippen LogP contribution in [-0.2, 0) is 9.53 Å². The Labute approximate surface area is 96.6 Å². The smallest absolute Gasteiger partial charge is 0.224 e. The first-order valence-electron chi connectivity index (χ1n) is 5.79. The minimum Gasteiger partial charge on any atom is -0.394 e. The summed E-state index contributed by atoms with van der Waals surface area (Å²) < 4.78 is 5.24. The number of aliphatic hydroxyl groups is 1. The van der Waals surface area contributed by atoms with Crippen molar-refractivity contribution >= 4 is 5.91 Å². The Morgan fingerprint density at radius 2 is 2.12 bits per heavy atom. The molecule has 0 spiro atoms. The summed E-state index contributed by atoms with van der Waals surface area (Å²) in [5, 5.41) is 15.3. The number of aliphatic hydroxyl groups excluding tert-OH is 1. The van der Waals surface area contributed by atoms with Crippen LogP contribution in [0.3, 0.4) is 0 Å². The molecular weight excluding hydrogens is 208 g/mol. The maximum absolute atomic E-state index is 11.9. The molecule has 0 saturated carbocycles. The van der Waals surface area contributed by atoms with Gasteiger partial charge in [-0.15, -0.1) is 0 Å². The zero-order valence-corrected chi connectivity index (χ0v) is 10.1. The second kappa shape index (κ2) is 6.18. The molecule has 0 radical (unpaired) electrons. The Morgan fingerprint density at radius 1 is 1.50 bits per heavy atom. The highest BCUT2D eigenvalue weighted by Crippen LogP contribution is 2.20. The van der Waals surface area contributed by atoms with Gasteiger partial charge in [0, 0.05) is 25.7 Å². The fourth-order valence-corrected chi connectivity index (χ4v) is 1.87. The standard InChI is InChI=1S/C11H22N2O3/c1-9(7-12-2)10(15)13-11(8-14)3-5-16-6-4-11/h9,12,14H,3-8H2,1-2H3,(H,13,15). The molecule has 0 aromatic carbocycles. The van der Waals surface area contributed by atoms with E-state index in [9.17, 15) is 9.90 Å². The third-order valence-corrected chi connectivity index (χ3v) is 3.10. The second-order valence-corrected chi connectivity index (χ2v) is 4.50. The molecule has 1 amide bonds. The van der Waals surface area contributed by atoms with Gasteiger partial charge in [-0.3, -0.25) is 4.79 Å². The van der Waals surface area contributed by atoms with Gasteiger partial charge in [-0.2, -0.15) is 0 Å². The molecule has 16 heavy (non-hydrogen) atoms. The quantitative estimate of drug-likeness (QED) is 0.595. The van der Waals surface area contributed by atoms with Crippen LogP contribution in [0.4, 0.5) is 0 Å². The van der Waals surface area contributed by atoms with E-state index in [0.29, 0.717) is 32.6 Å². The Balaban J connectivity index is 2.51. The van der Waals surface area contributed by atoms with Crippen molar-refractivity contribution in [3.05, 3.63) is 0 Å². The Hall–Kier alpha value is -0.650. The topological polar surface area (TPSA) is 70.6 Å². The van der Waals surface area contributed by atoms with E-state index in [1.807, 2.05) is 14.0 Å². The molecule has 5 heteroatoms. The van der Waals surface area contributed by atoms with E-state index in [-0.39, 0.29) is 18.4 Å². The Morgan fingerprint density at radius 3 is 2.62 bits per heavy atom. The average Bonchev–Trinajstić information content (AvgIpc) is 2.30. The number of nitrogens with one attached hydrogen (secondary N) is 2. The van der Waals surface area contributed by atoms with Crippen molar-refractivity contribution < 1.29 is 14.6 Å². The molecule has 0 bridgehead atoms. The normalized spacial score (nSPS) is 21.4. The van der Waals surface area contributed by atoms with E-state index in [1.54, 1.807) is 0 Å². The van der Waals surface area contributed by atoms with Gasteiger partial charge < -0.3 is 20.5 Å². The first-order chi connectivity index (χ1) is 7.63. The van der Waals surface area contributed by atoms with Crippen molar-refractivity contribution in [2.24, 2.45) is 5.92 Å². The van der Waals surface area contributed by atoms with Crippen molar-refractivity contribution in [1.82, 2.24) is 10.6 Å². The summed E-state index contributed by atoms with van der Waals surface area (Å²) in [5.74, 6) is -0.0958. The molecule has 0 aromatic heterocycles. The zero-order valence-electron chi connectivity index (χ0n) is 10.1. The summed E-state index contributed by atoms with van der Waals surface area (Å²) in [6, 6.07) is 0. The molecule has 0 aromatic rings. The van der Waals surface area contributed by atoms with Gasteiger partial charge >= 0.3 is 0 Å². The zero-order chi connectivity index (χ0) is 12.0. The lowest BCUT2D eigenvalue weighted by atomic mass is 9.90. The molecule has 3 N–H and O–H groups in total. The fraction of sp³-hybridized carbons (Fsp3) is 0.909. The Bertz CT molecular complexity index is 227. The van der Waals surface area contributed by atoms with Crippen LogP contribution in [0.5, 0.6) is 0 Å². The minimum absolute atomic E-state index is 0.00898. The van der Waals surface area contributed by atoms with Crippen LogP contribution in [0.1, 0.15) is 19.8 Å². The van der Waals surface area contributed by atoms with Gasteiger partial charge in [-0.05, 0) is 19.9 Å². The van der Waals surface area contributed by atoms with Gasteiger partial charge in [0.1, 0.15) is 0 Å². The van der Waals surface area contributed by atoms with Gasteiger partial charge in [0.25, 0.3) is 0 Å². The van der Waals surface area contributed by atoms with E-state index < -0.39 is 5.54 Å². The molecule has 1 saturated heterocycles. The van der Waals surface area contributed by atoms with E-state index in [4.69, 9.17) is 4.74 Å². The molecule has 1 unspecified atom stereocenters. The predicted molar refractivity (Wildman–Crippen MR) is 61.1 cm³/mol. The van der Waals surface area contributed by atoms with Gasteiger partial charge in [0.2, 0.25) is 5.91 Å².